The summed E-state index contributed by atoms with van der Waals surface area (Å²) in [6, 6.07) is -0.514. The molecule has 0 aromatic carbocycles. The Morgan fingerprint density at radius 1 is 1.46 bits per heavy atom. The molecule has 0 radical (unpaired) electrons. The molecule has 152 valence electrons. The molecule has 1 spiro atoms. The fourth-order valence-electron chi connectivity index (χ4n) is 3.54. The number of sulfonamides is 1. The van der Waals surface area contributed by atoms with E-state index in [4.69, 9.17) is 21.1 Å². The summed E-state index contributed by atoms with van der Waals surface area (Å²) in [5.74, 6) is -1.09. The van der Waals surface area contributed by atoms with Gasteiger partial charge in [-0.05, 0) is 12.5 Å². The summed E-state index contributed by atoms with van der Waals surface area (Å²) in [7, 11) is -2.35. The molecule has 0 bridgehead atoms. The Balaban J connectivity index is 1.63. The van der Waals surface area contributed by atoms with Gasteiger partial charge >= 0.3 is 0 Å². The maximum absolute atomic E-state index is 13.4. The Bertz CT molecular complexity index is 995. The largest absolute Gasteiger partial charge is 0.488 e. The topological polar surface area (TPSA) is 98.7 Å². The molecular weight excluding hydrogens is 413 g/mol. The summed E-state index contributed by atoms with van der Waals surface area (Å²) >= 11 is 5.82. The highest BCUT2D eigenvalue weighted by atomic mass is 35.5. The van der Waals surface area contributed by atoms with E-state index >= 15 is 0 Å². The highest BCUT2D eigenvalue weighted by molar-refractivity contribution is 7.89. The first-order valence-electron chi connectivity index (χ1n) is 8.68. The van der Waals surface area contributed by atoms with E-state index in [9.17, 15) is 17.6 Å². The normalized spacial score (nSPS) is 28.8. The fourth-order valence-corrected chi connectivity index (χ4v) is 5.36. The average Bonchev–Trinajstić information content (AvgIpc) is 3.18. The van der Waals surface area contributed by atoms with Crippen molar-refractivity contribution in [1.82, 2.24) is 14.6 Å². The van der Waals surface area contributed by atoms with E-state index in [1.165, 1.54) is 22.9 Å². The Hall–Kier alpha value is -1.88. The number of nitrogens with one attached hydrogen (secondary N) is 2. The van der Waals surface area contributed by atoms with E-state index in [0.717, 1.165) is 0 Å². The van der Waals surface area contributed by atoms with E-state index in [2.05, 4.69) is 10.0 Å². The van der Waals surface area contributed by atoms with Gasteiger partial charge in [0.05, 0.1) is 23.2 Å². The lowest BCUT2D eigenvalue weighted by atomic mass is 10.0. The third-order valence-corrected chi connectivity index (χ3v) is 6.91. The summed E-state index contributed by atoms with van der Waals surface area (Å²) in [6.07, 6.45) is 4.61. The number of carbonyl (C=O) groups is 1. The van der Waals surface area contributed by atoms with Crippen LogP contribution in [0.2, 0.25) is 0 Å². The maximum Gasteiger partial charge on any atom is 0.272 e. The number of rotatable bonds is 2. The third kappa shape index (κ3) is 3.34. The summed E-state index contributed by atoms with van der Waals surface area (Å²) in [6.45, 7) is 0.677. The zero-order valence-corrected chi connectivity index (χ0v) is 16.6. The van der Waals surface area contributed by atoms with Gasteiger partial charge in [0.2, 0.25) is 10.0 Å². The second-order valence-corrected chi connectivity index (χ2v) is 9.26. The Morgan fingerprint density at radius 3 is 2.93 bits per heavy atom. The number of ether oxygens (including phenoxy) is 2. The number of aromatic nitrogens is 1. The van der Waals surface area contributed by atoms with E-state index in [0.29, 0.717) is 13.0 Å². The average molecular weight is 432 g/mol. The zero-order chi connectivity index (χ0) is 20.1. The summed E-state index contributed by atoms with van der Waals surface area (Å²) in [4.78, 5) is 12.7. The van der Waals surface area contributed by atoms with Crippen molar-refractivity contribution in [2.75, 3.05) is 19.8 Å². The minimum Gasteiger partial charge on any atom is -0.488 e. The van der Waals surface area contributed by atoms with Gasteiger partial charge in [0.25, 0.3) is 5.91 Å². The van der Waals surface area contributed by atoms with Gasteiger partial charge in [-0.1, -0.05) is 17.7 Å². The number of nitrogens with zero attached hydrogens (tertiary/aromatic N) is 1. The lowest BCUT2D eigenvalue weighted by molar-refractivity contribution is 0.0928. The van der Waals surface area contributed by atoms with Gasteiger partial charge in [-0.25, -0.2) is 12.8 Å². The number of halogens is 2. The number of carbonyl (C=O) groups excluding carboxylic acids is 1. The van der Waals surface area contributed by atoms with Gasteiger partial charge < -0.3 is 19.4 Å². The monoisotopic (exact) mass is 431 g/mol. The predicted molar refractivity (Wildman–Crippen MR) is 98.4 cm³/mol. The number of fused-ring (bicyclic) bond motifs is 1. The van der Waals surface area contributed by atoms with Crippen LogP contribution in [-0.4, -0.2) is 50.3 Å². The maximum atomic E-state index is 13.4. The molecule has 11 heteroatoms. The molecule has 2 N–H and O–H groups in total. The first-order valence-corrected chi connectivity index (χ1v) is 10.5. The molecule has 28 heavy (non-hydrogen) atoms. The van der Waals surface area contributed by atoms with Gasteiger partial charge in [0.1, 0.15) is 17.3 Å². The molecule has 2 aliphatic heterocycles. The Kier molecular flexibility index (Phi) is 4.77. The van der Waals surface area contributed by atoms with Crippen molar-refractivity contribution in [1.29, 1.82) is 0 Å². The van der Waals surface area contributed by atoms with Gasteiger partial charge in [-0.15, -0.1) is 0 Å². The van der Waals surface area contributed by atoms with Crippen LogP contribution in [0.4, 0.5) is 4.39 Å². The van der Waals surface area contributed by atoms with Gasteiger partial charge in [0, 0.05) is 26.3 Å². The van der Waals surface area contributed by atoms with Crippen LogP contribution in [0.5, 0.6) is 5.75 Å². The molecule has 0 saturated carbocycles. The number of hydrogen-bond acceptors (Lipinski definition) is 5. The molecule has 3 heterocycles. The van der Waals surface area contributed by atoms with Crippen molar-refractivity contribution in [3.8, 4) is 5.75 Å². The number of aryl methyl sites for hydroxylation is 1. The van der Waals surface area contributed by atoms with Crippen molar-refractivity contribution >= 4 is 27.5 Å². The van der Waals surface area contributed by atoms with Crippen LogP contribution >= 0.6 is 11.6 Å². The van der Waals surface area contributed by atoms with Crippen LogP contribution in [-0.2, 0) is 21.8 Å². The van der Waals surface area contributed by atoms with Crippen LogP contribution in [0.15, 0.2) is 34.1 Å². The van der Waals surface area contributed by atoms with Crippen molar-refractivity contribution in [3.63, 3.8) is 0 Å². The zero-order valence-electron chi connectivity index (χ0n) is 15.0. The van der Waals surface area contributed by atoms with Crippen molar-refractivity contribution < 1.29 is 27.1 Å². The van der Waals surface area contributed by atoms with Crippen molar-refractivity contribution in [3.05, 3.63) is 34.9 Å². The van der Waals surface area contributed by atoms with Gasteiger partial charge in [-0.2, -0.15) is 4.72 Å². The predicted octanol–water partition coefficient (Wildman–Crippen LogP) is 1.33. The molecular formula is C17H19ClFN3O5S. The molecule has 2 atom stereocenters. The molecule has 1 aromatic heterocycles. The molecule has 1 aliphatic carbocycles. The molecule has 1 amide bonds. The SMILES string of the molecule is Cn1cc2c(c1C(=O)NC1C=CC(F)=C(Cl)C1)OCC1(CCOC1)NS2(=O)=O. The third-order valence-electron chi connectivity index (χ3n) is 5.00. The van der Waals surface area contributed by atoms with Gasteiger partial charge in [0.15, 0.2) is 11.4 Å². The Labute approximate surface area is 166 Å². The Morgan fingerprint density at radius 2 is 2.25 bits per heavy atom. The molecule has 1 aromatic rings. The van der Waals surface area contributed by atoms with Crippen molar-refractivity contribution in [2.45, 2.75) is 29.3 Å². The quantitative estimate of drug-likeness (QED) is 0.736. The smallest absolute Gasteiger partial charge is 0.272 e. The summed E-state index contributed by atoms with van der Waals surface area (Å²) in [5.41, 5.74) is -0.782. The fraction of sp³-hybridized carbons (Fsp3) is 0.471. The van der Waals surface area contributed by atoms with Gasteiger partial charge in [-0.3, -0.25) is 4.79 Å². The van der Waals surface area contributed by atoms with Crippen LogP contribution in [0, 0.1) is 0 Å². The van der Waals surface area contributed by atoms with Crippen LogP contribution in [0.25, 0.3) is 0 Å². The lowest BCUT2D eigenvalue weighted by Gasteiger charge is -2.25. The van der Waals surface area contributed by atoms with E-state index in [-0.39, 0.29) is 41.0 Å². The molecule has 1 fully saturated rings. The number of hydrogen-bond donors (Lipinski definition) is 2. The summed E-state index contributed by atoms with van der Waals surface area (Å²) in [5, 5.41) is 2.74. The number of allylic oxidation sites excluding steroid dienone is 2. The minimum absolute atomic E-state index is 0.0103. The molecule has 2 unspecified atom stereocenters. The van der Waals surface area contributed by atoms with Crippen LogP contribution < -0.4 is 14.8 Å². The number of amides is 1. The van der Waals surface area contributed by atoms with E-state index in [1.54, 1.807) is 7.05 Å². The second-order valence-electron chi connectivity index (χ2n) is 7.16. The lowest BCUT2D eigenvalue weighted by Crippen LogP contribution is -2.51. The summed E-state index contributed by atoms with van der Waals surface area (Å²) < 4.78 is 54.2. The standard InChI is InChI=1S/C17H19ClFN3O5S/c1-22-7-13-15(27-9-17(4-5-26-8-17)21-28(13,24)25)14(22)16(23)20-10-2-3-12(19)11(18)6-10/h2-3,7,10,21H,4-6,8-9H2,1H3,(H,20,23). The molecule has 4 rings (SSSR count). The van der Waals surface area contributed by atoms with E-state index < -0.39 is 33.3 Å². The van der Waals surface area contributed by atoms with Crippen molar-refractivity contribution in [2.24, 2.45) is 7.05 Å². The second kappa shape index (κ2) is 6.87. The van der Waals surface area contributed by atoms with Crippen LogP contribution in [0.3, 0.4) is 0 Å². The molecule has 8 nitrogen and oxygen atoms in total. The van der Waals surface area contributed by atoms with Crippen LogP contribution in [0.1, 0.15) is 23.3 Å². The first kappa shape index (κ1) is 19.4. The highest BCUT2D eigenvalue weighted by Gasteiger charge is 2.45. The molecule has 1 saturated heterocycles. The molecule has 3 aliphatic rings. The highest BCUT2D eigenvalue weighted by Crippen LogP contribution is 2.36. The first-order chi connectivity index (χ1) is 13.2. The van der Waals surface area contributed by atoms with E-state index in [1.807, 2.05) is 0 Å². The minimum atomic E-state index is -3.90.